The lowest BCUT2D eigenvalue weighted by Crippen LogP contribution is -2.42. The number of nitrogens with zero attached hydrogens (tertiary/aromatic N) is 2. The van der Waals surface area contributed by atoms with Gasteiger partial charge < -0.3 is 11.1 Å². The van der Waals surface area contributed by atoms with Crippen LogP contribution in [0.2, 0.25) is 0 Å². The van der Waals surface area contributed by atoms with Crippen LogP contribution < -0.4 is 11.1 Å². The van der Waals surface area contributed by atoms with Crippen LogP contribution in [0.3, 0.4) is 0 Å². The standard InChI is InChI=1S/C16H18N4O/c17-15-10-2-1-9(7-10)14(15)16(21)20-11-3-4-12-13(8-11)19-6-5-18-12/h3-6,8-10,14-15H,1-2,7,17H2,(H,20,21). The lowest BCUT2D eigenvalue weighted by atomic mass is 9.84. The molecule has 108 valence electrons. The van der Waals surface area contributed by atoms with Crippen LogP contribution >= 0.6 is 0 Å². The van der Waals surface area contributed by atoms with E-state index in [9.17, 15) is 4.79 Å². The maximum atomic E-state index is 12.5. The molecular formula is C16H18N4O. The van der Waals surface area contributed by atoms with E-state index < -0.39 is 0 Å². The van der Waals surface area contributed by atoms with Crippen molar-refractivity contribution in [3.8, 4) is 0 Å². The van der Waals surface area contributed by atoms with Gasteiger partial charge in [-0.05, 0) is 49.3 Å². The second-order valence-electron chi connectivity index (χ2n) is 6.19. The van der Waals surface area contributed by atoms with Crippen molar-refractivity contribution in [1.29, 1.82) is 0 Å². The Labute approximate surface area is 123 Å². The van der Waals surface area contributed by atoms with Gasteiger partial charge in [-0.3, -0.25) is 14.8 Å². The predicted molar refractivity (Wildman–Crippen MR) is 80.5 cm³/mol. The summed E-state index contributed by atoms with van der Waals surface area (Å²) in [5.74, 6) is 1.01. The van der Waals surface area contributed by atoms with Crippen molar-refractivity contribution in [2.45, 2.75) is 25.3 Å². The van der Waals surface area contributed by atoms with Crippen molar-refractivity contribution in [2.75, 3.05) is 5.32 Å². The molecule has 21 heavy (non-hydrogen) atoms. The van der Waals surface area contributed by atoms with Crippen LogP contribution in [-0.2, 0) is 4.79 Å². The molecule has 1 aromatic carbocycles. The zero-order chi connectivity index (χ0) is 14.4. The van der Waals surface area contributed by atoms with E-state index in [4.69, 9.17) is 5.73 Å². The topological polar surface area (TPSA) is 80.9 Å². The van der Waals surface area contributed by atoms with Gasteiger partial charge in [-0.2, -0.15) is 0 Å². The Kier molecular flexibility index (Phi) is 2.89. The van der Waals surface area contributed by atoms with Gasteiger partial charge in [0.25, 0.3) is 0 Å². The highest BCUT2D eigenvalue weighted by Crippen LogP contribution is 2.47. The number of aromatic nitrogens is 2. The summed E-state index contributed by atoms with van der Waals surface area (Å²) in [6, 6.07) is 5.62. The minimum atomic E-state index is -0.0405. The monoisotopic (exact) mass is 282 g/mol. The number of amides is 1. The van der Waals surface area contributed by atoms with Crippen LogP contribution in [0.4, 0.5) is 5.69 Å². The molecule has 3 N–H and O–H groups in total. The number of nitrogens with two attached hydrogens (primary N) is 1. The second kappa shape index (κ2) is 4.77. The van der Waals surface area contributed by atoms with Crippen LogP contribution in [-0.4, -0.2) is 21.9 Å². The number of benzene rings is 1. The highest BCUT2D eigenvalue weighted by molar-refractivity contribution is 5.95. The zero-order valence-corrected chi connectivity index (χ0v) is 11.7. The number of carbonyl (C=O) groups is 1. The lowest BCUT2D eigenvalue weighted by Gasteiger charge is -2.27. The number of nitrogens with one attached hydrogen (secondary N) is 1. The molecule has 4 unspecified atom stereocenters. The second-order valence-corrected chi connectivity index (χ2v) is 6.19. The molecule has 0 radical (unpaired) electrons. The van der Waals surface area contributed by atoms with Crippen LogP contribution in [0.15, 0.2) is 30.6 Å². The van der Waals surface area contributed by atoms with E-state index >= 15 is 0 Å². The molecular weight excluding hydrogens is 264 g/mol. The normalized spacial score (nSPS) is 30.7. The Morgan fingerprint density at radius 3 is 2.67 bits per heavy atom. The number of fused-ring (bicyclic) bond motifs is 3. The van der Waals surface area contributed by atoms with Crippen LogP contribution in [0.5, 0.6) is 0 Å². The Hall–Kier alpha value is -2.01. The van der Waals surface area contributed by atoms with Crippen molar-refractivity contribution in [3.63, 3.8) is 0 Å². The molecule has 4 atom stereocenters. The Morgan fingerprint density at radius 2 is 1.90 bits per heavy atom. The van der Waals surface area contributed by atoms with Crippen molar-refractivity contribution in [3.05, 3.63) is 30.6 Å². The summed E-state index contributed by atoms with van der Waals surface area (Å²) in [6.07, 6.45) is 6.75. The van der Waals surface area contributed by atoms with Gasteiger partial charge in [-0.1, -0.05) is 0 Å². The fourth-order valence-electron chi connectivity index (χ4n) is 3.99. The average molecular weight is 282 g/mol. The third kappa shape index (κ3) is 2.08. The Morgan fingerprint density at radius 1 is 1.14 bits per heavy atom. The van der Waals surface area contributed by atoms with E-state index in [1.807, 2.05) is 18.2 Å². The summed E-state index contributed by atoms with van der Waals surface area (Å²) < 4.78 is 0. The predicted octanol–water partition coefficient (Wildman–Crippen LogP) is 1.94. The molecule has 2 fully saturated rings. The maximum Gasteiger partial charge on any atom is 0.229 e. The first-order chi connectivity index (χ1) is 10.2. The highest BCUT2D eigenvalue weighted by Gasteiger charge is 2.49. The van der Waals surface area contributed by atoms with Gasteiger partial charge in [-0.25, -0.2) is 0 Å². The number of carbonyl (C=O) groups excluding carboxylic acids is 1. The van der Waals surface area contributed by atoms with Gasteiger partial charge in [0.15, 0.2) is 0 Å². The van der Waals surface area contributed by atoms with Gasteiger partial charge in [0.1, 0.15) is 0 Å². The number of anilines is 1. The molecule has 1 amide bonds. The molecule has 1 aromatic heterocycles. The summed E-state index contributed by atoms with van der Waals surface area (Å²) in [6.45, 7) is 0. The van der Waals surface area contributed by atoms with Gasteiger partial charge in [0.2, 0.25) is 5.91 Å². The minimum absolute atomic E-state index is 0.0176. The third-order valence-electron chi connectivity index (χ3n) is 5.02. The zero-order valence-electron chi connectivity index (χ0n) is 11.7. The number of hydrogen-bond acceptors (Lipinski definition) is 4. The third-order valence-corrected chi connectivity index (χ3v) is 5.02. The highest BCUT2D eigenvalue weighted by atomic mass is 16.2. The van der Waals surface area contributed by atoms with Crippen molar-refractivity contribution in [1.82, 2.24) is 9.97 Å². The quantitative estimate of drug-likeness (QED) is 0.882. The summed E-state index contributed by atoms with van der Waals surface area (Å²) >= 11 is 0. The van der Waals surface area contributed by atoms with Crippen molar-refractivity contribution < 1.29 is 4.79 Å². The molecule has 2 aromatic rings. The SMILES string of the molecule is NC1C2CCC(C2)C1C(=O)Nc1ccc2nccnc2c1. The van der Waals surface area contributed by atoms with E-state index in [0.29, 0.717) is 11.8 Å². The molecule has 0 spiro atoms. The molecule has 5 heteroatoms. The summed E-state index contributed by atoms with van der Waals surface area (Å²) in [7, 11) is 0. The molecule has 5 nitrogen and oxygen atoms in total. The number of rotatable bonds is 2. The summed E-state index contributed by atoms with van der Waals surface area (Å²) in [5.41, 5.74) is 8.60. The molecule has 0 aliphatic heterocycles. The molecule has 2 aliphatic rings. The molecule has 2 bridgehead atoms. The average Bonchev–Trinajstić information content (AvgIpc) is 3.08. The van der Waals surface area contributed by atoms with Crippen LogP contribution in [0, 0.1) is 17.8 Å². The van der Waals surface area contributed by atoms with Crippen LogP contribution in [0.25, 0.3) is 11.0 Å². The van der Waals surface area contributed by atoms with Crippen molar-refractivity contribution >= 4 is 22.6 Å². The van der Waals surface area contributed by atoms with E-state index in [0.717, 1.165) is 29.6 Å². The smallest absolute Gasteiger partial charge is 0.229 e. The van der Waals surface area contributed by atoms with E-state index in [2.05, 4.69) is 15.3 Å². The van der Waals surface area contributed by atoms with Gasteiger partial charge in [0.05, 0.1) is 17.0 Å². The van der Waals surface area contributed by atoms with Gasteiger partial charge in [0, 0.05) is 24.1 Å². The first kappa shape index (κ1) is 12.7. The van der Waals surface area contributed by atoms with Gasteiger partial charge >= 0.3 is 0 Å². The van der Waals surface area contributed by atoms with E-state index in [1.54, 1.807) is 12.4 Å². The Balaban J connectivity index is 1.55. The maximum absolute atomic E-state index is 12.5. The Bertz CT molecular complexity index is 699. The van der Waals surface area contributed by atoms with Crippen molar-refractivity contribution in [2.24, 2.45) is 23.5 Å². The molecule has 1 heterocycles. The molecule has 0 saturated heterocycles. The fourth-order valence-corrected chi connectivity index (χ4v) is 3.99. The fraction of sp³-hybridized carbons (Fsp3) is 0.438. The summed E-state index contributed by atoms with van der Waals surface area (Å²) in [4.78, 5) is 21.0. The van der Waals surface area contributed by atoms with Crippen LogP contribution in [0.1, 0.15) is 19.3 Å². The van der Waals surface area contributed by atoms with E-state index in [1.165, 1.54) is 6.42 Å². The first-order valence-corrected chi connectivity index (χ1v) is 7.49. The van der Waals surface area contributed by atoms with Gasteiger partial charge in [-0.15, -0.1) is 0 Å². The summed E-state index contributed by atoms with van der Waals surface area (Å²) in [5, 5.41) is 3.00. The molecule has 2 aliphatic carbocycles. The minimum Gasteiger partial charge on any atom is -0.327 e. The lowest BCUT2D eigenvalue weighted by molar-refractivity contribution is -0.121. The number of hydrogen-bond donors (Lipinski definition) is 2. The molecule has 4 rings (SSSR count). The molecule has 2 saturated carbocycles. The van der Waals surface area contributed by atoms with E-state index in [-0.39, 0.29) is 17.9 Å². The largest absolute Gasteiger partial charge is 0.327 e. The first-order valence-electron chi connectivity index (χ1n) is 7.49.